The van der Waals surface area contributed by atoms with Gasteiger partial charge >= 0.3 is 0 Å². The highest BCUT2D eigenvalue weighted by Gasteiger charge is 2.36. The van der Waals surface area contributed by atoms with Gasteiger partial charge in [-0.3, -0.25) is 0 Å². The van der Waals surface area contributed by atoms with Gasteiger partial charge in [0.05, 0.1) is 0 Å². The third-order valence-electron chi connectivity index (χ3n) is 3.26. The van der Waals surface area contributed by atoms with Crippen molar-refractivity contribution in [1.29, 1.82) is 0 Å². The Hall–Kier alpha value is -0.600. The summed E-state index contributed by atoms with van der Waals surface area (Å²) >= 11 is 6.07. The minimum absolute atomic E-state index is 0.265. The van der Waals surface area contributed by atoms with Gasteiger partial charge in [0.1, 0.15) is 5.82 Å². The van der Waals surface area contributed by atoms with Crippen LogP contribution < -0.4 is 5.73 Å². The SMILES string of the molecule is CC1CCC(N)(c2cc(F)ccc2Cl)C1. The average Bonchev–Trinajstić information content (AvgIpc) is 2.52. The normalized spacial score (nSPS) is 30.8. The fraction of sp³-hybridized carbons (Fsp3) is 0.500. The van der Waals surface area contributed by atoms with Crippen molar-refractivity contribution in [3.8, 4) is 0 Å². The van der Waals surface area contributed by atoms with Crippen LogP contribution in [-0.4, -0.2) is 0 Å². The van der Waals surface area contributed by atoms with E-state index >= 15 is 0 Å². The highest BCUT2D eigenvalue weighted by molar-refractivity contribution is 6.31. The topological polar surface area (TPSA) is 26.0 Å². The Morgan fingerprint density at radius 3 is 2.87 bits per heavy atom. The molecule has 0 saturated heterocycles. The van der Waals surface area contributed by atoms with Crippen molar-refractivity contribution in [2.24, 2.45) is 11.7 Å². The zero-order chi connectivity index (χ0) is 11.1. The molecule has 1 saturated carbocycles. The standard InChI is InChI=1S/C12H15ClFN/c1-8-4-5-12(15,7-8)10-6-9(14)2-3-11(10)13/h2-3,6,8H,4-5,7,15H2,1H3. The summed E-state index contributed by atoms with van der Waals surface area (Å²) in [5.74, 6) is 0.327. The van der Waals surface area contributed by atoms with Crippen LogP contribution in [0.15, 0.2) is 18.2 Å². The zero-order valence-corrected chi connectivity index (χ0v) is 9.52. The molecule has 0 heterocycles. The van der Waals surface area contributed by atoms with Crippen molar-refractivity contribution in [2.75, 3.05) is 0 Å². The van der Waals surface area contributed by atoms with Gasteiger partial charge in [-0.15, -0.1) is 0 Å². The monoisotopic (exact) mass is 227 g/mol. The number of halogens is 2. The largest absolute Gasteiger partial charge is 0.321 e. The molecule has 0 bridgehead atoms. The molecule has 3 heteroatoms. The van der Waals surface area contributed by atoms with E-state index < -0.39 is 5.54 Å². The molecule has 2 unspecified atom stereocenters. The van der Waals surface area contributed by atoms with Crippen molar-refractivity contribution >= 4 is 11.6 Å². The molecule has 0 aromatic heterocycles. The predicted molar refractivity (Wildman–Crippen MR) is 60.3 cm³/mol. The van der Waals surface area contributed by atoms with Crippen molar-refractivity contribution in [3.05, 3.63) is 34.6 Å². The first-order chi connectivity index (χ1) is 7.01. The smallest absolute Gasteiger partial charge is 0.123 e. The second kappa shape index (κ2) is 3.76. The Balaban J connectivity index is 2.40. The first-order valence-corrected chi connectivity index (χ1v) is 5.63. The molecule has 2 rings (SSSR count). The minimum atomic E-state index is -0.432. The number of hydrogen-bond acceptors (Lipinski definition) is 1. The Morgan fingerprint density at radius 1 is 1.53 bits per heavy atom. The summed E-state index contributed by atoms with van der Waals surface area (Å²) in [6, 6.07) is 4.43. The van der Waals surface area contributed by atoms with Gasteiger partial charge in [0.2, 0.25) is 0 Å². The van der Waals surface area contributed by atoms with E-state index in [0.717, 1.165) is 24.8 Å². The molecule has 82 valence electrons. The van der Waals surface area contributed by atoms with E-state index in [1.165, 1.54) is 12.1 Å². The summed E-state index contributed by atoms with van der Waals surface area (Å²) in [5, 5.41) is 0.577. The van der Waals surface area contributed by atoms with E-state index in [9.17, 15) is 4.39 Å². The third kappa shape index (κ3) is 2.01. The second-order valence-electron chi connectivity index (χ2n) is 4.63. The van der Waals surface area contributed by atoms with Crippen LogP contribution in [0.5, 0.6) is 0 Å². The van der Waals surface area contributed by atoms with Gasteiger partial charge in [0.15, 0.2) is 0 Å². The van der Waals surface area contributed by atoms with Crippen LogP contribution in [0.25, 0.3) is 0 Å². The Kier molecular flexibility index (Phi) is 2.73. The number of rotatable bonds is 1. The molecule has 0 radical (unpaired) electrons. The number of nitrogens with two attached hydrogens (primary N) is 1. The molecule has 0 spiro atoms. The molecule has 1 aromatic rings. The van der Waals surface area contributed by atoms with Crippen LogP contribution >= 0.6 is 11.6 Å². The lowest BCUT2D eigenvalue weighted by Gasteiger charge is -2.25. The van der Waals surface area contributed by atoms with Crippen LogP contribution in [0.3, 0.4) is 0 Å². The number of hydrogen-bond donors (Lipinski definition) is 1. The fourth-order valence-electron chi connectivity index (χ4n) is 2.45. The quantitative estimate of drug-likeness (QED) is 0.782. The Morgan fingerprint density at radius 2 is 2.27 bits per heavy atom. The summed E-state index contributed by atoms with van der Waals surface area (Å²) in [5.41, 5.74) is 6.62. The maximum absolute atomic E-state index is 13.2. The van der Waals surface area contributed by atoms with E-state index in [1.807, 2.05) is 0 Å². The van der Waals surface area contributed by atoms with E-state index in [2.05, 4.69) is 6.92 Å². The molecule has 2 N–H and O–H groups in total. The Labute approximate surface area is 94.4 Å². The maximum Gasteiger partial charge on any atom is 0.123 e. The highest BCUT2D eigenvalue weighted by atomic mass is 35.5. The molecule has 1 aliphatic carbocycles. The van der Waals surface area contributed by atoms with E-state index in [4.69, 9.17) is 17.3 Å². The highest BCUT2D eigenvalue weighted by Crippen LogP contribution is 2.42. The van der Waals surface area contributed by atoms with Crippen LogP contribution in [0, 0.1) is 11.7 Å². The summed E-state index contributed by atoms with van der Waals surface area (Å²) in [6.45, 7) is 2.17. The van der Waals surface area contributed by atoms with Gasteiger partial charge in [-0.05, 0) is 48.9 Å². The molecule has 1 aromatic carbocycles. The van der Waals surface area contributed by atoms with E-state index in [-0.39, 0.29) is 5.82 Å². The zero-order valence-electron chi connectivity index (χ0n) is 8.76. The molecule has 1 aliphatic rings. The van der Waals surface area contributed by atoms with Crippen LogP contribution in [0.2, 0.25) is 5.02 Å². The van der Waals surface area contributed by atoms with Crippen molar-refractivity contribution in [2.45, 2.75) is 31.7 Å². The molecular weight excluding hydrogens is 213 g/mol. The summed E-state index contributed by atoms with van der Waals surface area (Å²) in [7, 11) is 0. The number of benzene rings is 1. The summed E-state index contributed by atoms with van der Waals surface area (Å²) < 4.78 is 13.2. The van der Waals surface area contributed by atoms with Crippen LogP contribution in [0.1, 0.15) is 31.7 Å². The summed E-state index contributed by atoms with van der Waals surface area (Å²) in [4.78, 5) is 0. The Bertz CT molecular complexity index is 380. The van der Waals surface area contributed by atoms with Gasteiger partial charge in [-0.1, -0.05) is 18.5 Å². The fourth-order valence-corrected chi connectivity index (χ4v) is 2.76. The molecule has 15 heavy (non-hydrogen) atoms. The first kappa shape index (κ1) is 10.9. The van der Waals surface area contributed by atoms with Crippen molar-refractivity contribution in [3.63, 3.8) is 0 Å². The lowest BCUT2D eigenvalue weighted by Crippen LogP contribution is -2.34. The second-order valence-corrected chi connectivity index (χ2v) is 5.04. The average molecular weight is 228 g/mol. The van der Waals surface area contributed by atoms with Gasteiger partial charge in [-0.25, -0.2) is 4.39 Å². The van der Waals surface area contributed by atoms with Gasteiger partial charge < -0.3 is 5.73 Å². The predicted octanol–water partition coefficient (Wildman–Crippen LogP) is 3.45. The lowest BCUT2D eigenvalue weighted by molar-refractivity contribution is 0.438. The third-order valence-corrected chi connectivity index (χ3v) is 3.59. The first-order valence-electron chi connectivity index (χ1n) is 5.26. The molecule has 1 nitrogen and oxygen atoms in total. The molecule has 1 fully saturated rings. The van der Waals surface area contributed by atoms with E-state index in [0.29, 0.717) is 10.9 Å². The van der Waals surface area contributed by atoms with Gasteiger partial charge in [0.25, 0.3) is 0 Å². The van der Waals surface area contributed by atoms with Gasteiger partial charge in [0, 0.05) is 10.6 Å². The maximum atomic E-state index is 13.2. The summed E-state index contributed by atoms with van der Waals surface area (Å²) in [6.07, 6.45) is 2.86. The minimum Gasteiger partial charge on any atom is -0.321 e. The van der Waals surface area contributed by atoms with Crippen molar-refractivity contribution in [1.82, 2.24) is 0 Å². The molecule has 0 aliphatic heterocycles. The molecule has 2 atom stereocenters. The molecule has 0 amide bonds. The van der Waals surface area contributed by atoms with Gasteiger partial charge in [-0.2, -0.15) is 0 Å². The van der Waals surface area contributed by atoms with Crippen LogP contribution in [-0.2, 0) is 5.54 Å². The van der Waals surface area contributed by atoms with E-state index in [1.54, 1.807) is 6.07 Å². The van der Waals surface area contributed by atoms with Crippen molar-refractivity contribution < 1.29 is 4.39 Å². The van der Waals surface area contributed by atoms with Crippen LogP contribution in [0.4, 0.5) is 4.39 Å². The molecular formula is C12H15ClFN. The lowest BCUT2D eigenvalue weighted by atomic mass is 9.88.